The summed E-state index contributed by atoms with van der Waals surface area (Å²) in [5, 5.41) is 0. The summed E-state index contributed by atoms with van der Waals surface area (Å²) in [6.07, 6.45) is 1.41. The molecule has 0 aromatic heterocycles. The van der Waals surface area contributed by atoms with Gasteiger partial charge in [0.1, 0.15) is 17.2 Å². The maximum Gasteiger partial charge on any atom is 0.417 e. The van der Waals surface area contributed by atoms with E-state index < -0.39 is 41.1 Å². The molecule has 1 unspecified atom stereocenters. The molecule has 0 aliphatic carbocycles. The minimum absolute atomic E-state index is 0.221. The number of ether oxygens (including phenoxy) is 2. The largest absolute Gasteiger partial charge is 0.458 e. The normalized spacial score (nSPS) is 22.0. The Morgan fingerprint density at radius 3 is 2.13 bits per heavy atom. The average Bonchev–Trinajstić information content (AvgIpc) is 2.63. The molecule has 1 rings (SSSR count). The molecule has 6 heteroatoms. The van der Waals surface area contributed by atoms with E-state index in [2.05, 4.69) is 6.58 Å². The first-order chi connectivity index (χ1) is 10.4. The lowest BCUT2D eigenvalue weighted by molar-refractivity contribution is -0.161. The van der Waals surface area contributed by atoms with Crippen LogP contribution < -0.4 is 0 Å². The minimum atomic E-state index is -0.957. The third-order valence-corrected chi connectivity index (χ3v) is 3.13. The van der Waals surface area contributed by atoms with Crippen molar-refractivity contribution in [2.75, 3.05) is 0 Å². The molecule has 0 spiro atoms. The zero-order valence-electron chi connectivity index (χ0n) is 14.8. The van der Waals surface area contributed by atoms with Gasteiger partial charge in [0.05, 0.1) is 0 Å². The number of likely N-dealkylation sites (tertiary alicyclic amines) is 1. The standard InChI is InChI=1S/C17H27NO5/c1-8-9-11-10-12(14(20)22-16(2,3)4)18(13(11)19)15(21)23-17(5,6)7/h8,11-12H,1,9-10H2,2-7H3/t11?,12-/m0/s1. The Hall–Kier alpha value is -1.85. The van der Waals surface area contributed by atoms with Crippen LogP contribution in [0.4, 0.5) is 4.79 Å². The first-order valence-electron chi connectivity index (χ1n) is 7.75. The summed E-state index contributed by atoms with van der Waals surface area (Å²) in [6, 6.07) is -0.957. The molecule has 0 aromatic carbocycles. The van der Waals surface area contributed by atoms with Crippen LogP contribution in [0.25, 0.3) is 0 Å². The Bertz CT molecular complexity index is 498. The van der Waals surface area contributed by atoms with Gasteiger partial charge in [-0.15, -0.1) is 6.58 Å². The van der Waals surface area contributed by atoms with Crippen molar-refractivity contribution in [1.82, 2.24) is 4.90 Å². The second-order valence-corrected chi connectivity index (χ2v) is 7.69. The van der Waals surface area contributed by atoms with Gasteiger partial charge >= 0.3 is 12.1 Å². The highest BCUT2D eigenvalue weighted by atomic mass is 16.6. The molecule has 1 aliphatic rings. The van der Waals surface area contributed by atoms with Gasteiger partial charge in [0.15, 0.2) is 0 Å². The molecule has 2 amide bonds. The predicted octanol–water partition coefficient (Wildman–Crippen LogP) is 3.06. The number of rotatable bonds is 3. The number of esters is 1. The molecule has 1 fully saturated rings. The molecule has 2 atom stereocenters. The van der Waals surface area contributed by atoms with Crippen LogP contribution in [0.15, 0.2) is 12.7 Å². The molecular formula is C17H27NO5. The zero-order chi connectivity index (χ0) is 18.0. The fraction of sp³-hybridized carbons (Fsp3) is 0.706. The Morgan fingerprint density at radius 2 is 1.70 bits per heavy atom. The molecule has 0 N–H and O–H groups in total. The van der Waals surface area contributed by atoms with Crippen molar-refractivity contribution in [2.45, 2.75) is 71.6 Å². The SMILES string of the molecule is C=CCC1C[C@@H](C(=O)OC(C)(C)C)N(C(=O)OC(C)(C)C)C1=O. The van der Waals surface area contributed by atoms with Gasteiger partial charge in [-0.05, 0) is 54.4 Å². The number of carbonyl (C=O) groups excluding carboxylic acids is 3. The summed E-state index contributed by atoms with van der Waals surface area (Å²) in [5.74, 6) is -1.48. The molecule has 1 saturated heterocycles. The molecule has 0 saturated carbocycles. The van der Waals surface area contributed by atoms with Gasteiger partial charge in [-0.25, -0.2) is 14.5 Å². The first kappa shape index (κ1) is 19.2. The smallest absolute Gasteiger partial charge is 0.417 e. The van der Waals surface area contributed by atoms with Gasteiger partial charge in [0, 0.05) is 5.92 Å². The summed E-state index contributed by atoms with van der Waals surface area (Å²) >= 11 is 0. The van der Waals surface area contributed by atoms with Crippen LogP contribution in [0.5, 0.6) is 0 Å². The molecule has 0 bridgehead atoms. The van der Waals surface area contributed by atoms with Crippen LogP contribution in [0.1, 0.15) is 54.4 Å². The fourth-order valence-electron chi connectivity index (χ4n) is 2.32. The molecule has 6 nitrogen and oxygen atoms in total. The topological polar surface area (TPSA) is 72.9 Å². The first-order valence-corrected chi connectivity index (χ1v) is 7.75. The minimum Gasteiger partial charge on any atom is -0.458 e. The quantitative estimate of drug-likeness (QED) is 0.589. The lowest BCUT2D eigenvalue weighted by Gasteiger charge is -2.28. The highest BCUT2D eigenvalue weighted by Crippen LogP contribution is 2.31. The highest BCUT2D eigenvalue weighted by molar-refractivity contribution is 6.00. The number of imide groups is 1. The van der Waals surface area contributed by atoms with Gasteiger partial charge in [-0.1, -0.05) is 6.08 Å². The van der Waals surface area contributed by atoms with Crippen molar-refractivity contribution >= 4 is 18.0 Å². The second kappa shape index (κ2) is 6.72. The van der Waals surface area contributed by atoms with Crippen LogP contribution in [-0.4, -0.2) is 40.1 Å². The molecular weight excluding hydrogens is 298 g/mol. The Labute approximate surface area is 137 Å². The molecule has 1 heterocycles. The summed E-state index contributed by atoms with van der Waals surface area (Å²) in [6.45, 7) is 13.9. The van der Waals surface area contributed by atoms with Gasteiger partial charge in [0.2, 0.25) is 5.91 Å². The van der Waals surface area contributed by atoms with Crippen LogP contribution in [0, 0.1) is 5.92 Å². The summed E-state index contributed by atoms with van der Waals surface area (Å²) in [5.41, 5.74) is -1.46. The number of nitrogens with zero attached hydrogens (tertiary/aromatic N) is 1. The zero-order valence-corrected chi connectivity index (χ0v) is 14.8. The fourth-order valence-corrected chi connectivity index (χ4v) is 2.32. The van der Waals surface area contributed by atoms with E-state index in [9.17, 15) is 14.4 Å². The molecule has 23 heavy (non-hydrogen) atoms. The third-order valence-electron chi connectivity index (χ3n) is 3.13. The lowest BCUT2D eigenvalue weighted by Crippen LogP contribution is -2.47. The molecule has 130 valence electrons. The van der Waals surface area contributed by atoms with E-state index in [0.29, 0.717) is 6.42 Å². The maximum absolute atomic E-state index is 12.5. The van der Waals surface area contributed by atoms with Crippen LogP contribution >= 0.6 is 0 Å². The average molecular weight is 325 g/mol. The van der Waals surface area contributed by atoms with Gasteiger partial charge in [-0.3, -0.25) is 4.79 Å². The van der Waals surface area contributed by atoms with E-state index in [1.807, 2.05) is 0 Å². The third kappa shape index (κ3) is 5.37. The number of hydrogen-bond acceptors (Lipinski definition) is 5. The van der Waals surface area contributed by atoms with E-state index in [1.54, 1.807) is 47.6 Å². The van der Waals surface area contributed by atoms with Gasteiger partial charge < -0.3 is 9.47 Å². The second-order valence-electron chi connectivity index (χ2n) is 7.69. The van der Waals surface area contributed by atoms with Gasteiger partial charge in [0.25, 0.3) is 0 Å². The monoisotopic (exact) mass is 325 g/mol. The maximum atomic E-state index is 12.5. The lowest BCUT2D eigenvalue weighted by atomic mass is 10.0. The van der Waals surface area contributed by atoms with Crippen molar-refractivity contribution in [1.29, 1.82) is 0 Å². The summed E-state index contributed by atoms with van der Waals surface area (Å²) in [4.78, 5) is 38.1. The Morgan fingerprint density at radius 1 is 1.17 bits per heavy atom. The van der Waals surface area contributed by atoms with Crippen molar-refractivity contribution in [3.63, 3.8) is 0 Å². The van der Waals surface area contributed by atoms with Crippen molar-refractivity contribution in [3.8, 4) is 0 Å². The van der Waals surface area contributed by atoms with Crippen molar-refractivity contribution in [3.05, 3.63) is 12.7 Å². The van der Waals surface area contributed by atoms with Crippen molar-refractivity contribution in [2.24, 2.45) is 5.92 Å². The van der Waals surface area contributed by atoms with Crippen LogP contribution in [-0.2, 0) is 19.1 Å². The predicted molar refractivity (Wildman–Crippen MR) is 85.6 cm³/mol. The van der Waals surface area contributed by atoms with E-state index in [4.69, 9.17) is 9.47 Å². The molecule has 0 radical (unpaired) electrons. The van der Waals surface area contributed by atoms with Crippen LogP contribution in [0.3, 0.4) is 0 Å². The Balaban J connectivity index is 3.03. The van der Waals surface area contributed by atoms with Crippen LogP contribution in [0.2, 0.25) is 0 Å². The Kier molecular flexibility index (Phi) is 5.61. The van der Waals surface area contributed by atoms with E-state index >= 15 is 0 Å². The van der Waals surface area contributed by atoms with Crippen molar-refractivity contribution < 1.29 is 23.9 Å². The summed E-state index contributed by atoms with van der Waals surface area (Å²) in [7, 11) is 0. The molecule has 1 aliphatic heterocycles. The highest BCUT2D eigenvalue weighted by Gasteiger charge is 2.48. The number of allylic oxidation sites excluding steroid dienone is 1. The number of amides is 2. The number of carbonyl (C=O) groups is 3. The van der Waals surface area contributed by atoms with E-state index in [0.717, 1.165) is 4.90 Å². The number of hydrogen-bond donors (Lipinski definition) is 0. The summed E-state index contributed by atoms with van der Waals surface area (Å²) < 4.78 is 10.6. The van der Waals surface area contributed by atoms with Gasteiger partial charge in [-0.2, -0.15) is 0 Å². The molecule has 0 aromatic rings. The van der Waals surface area contributed by atoms with E-state index in [-0.39, 0.29) is 6.42 Å². The van der Waals surface area contributed by atoms with E-state index in [1.165, 1.54) is 0 Å².